The minimum Gasteiger partial charge on any atom is -0.397 e. The van der Waals surface area contributed by atoms with Gasteiger partial charge in [0, 0.05) is 18.5 Å². The van der Waals surface area contributed by atoms with Crippen molar-refractivity contribution >= 4 is 17.7 Å². The summed E-state index contributed by atoms with van der Waals surface area (Å²) in [5, 5.41) is 3.72. The lowest BCUT2D eigenvalue weighted by molar-refractivity contribution is -0.107. The highest BCUT2D eigenvalue weighted by molar-refractivity contribution is 5.66. The lowest BCUT2D eigenvalue weighted by atomic mass is 9.67. The first kappa shape index (κ1) is 19.7. The molecule has 0 bridgehead atoms. The molecule has 2 aliphatic rings. The number of rotatable bonds is 5. The van der Waals surface area contributed by atoms with Gasteiger partial charge >= 0.3 is 0 Å². The van der Waals surface area contributed by atoms with Gasteiger partial charge in [-0.2, -0.15) is 0 Å². The highest BCUT2D eigenvalue weighted by Gasteiger charge is 2.48. The van der Waals surface area contributed by atoms with Crippen molar-refractivity contribution in [3.63, 3.8) is 0 Å². The second-order valence-corrected chi connectivity index (χ2v) is 8.80. The SMILES string of the molecule is CC(C)(C)C1(N2CCCCC2Nc2ccccc2N)C=CC(CC=O)=CC1. The van der Waals surface area contributed by atoms with Crippen LogP contribution in [0.3, 0.4) is 0 Å². The fraction of sp³-hybridized carbons (Fsp3) is 0.522. The van der Waals surface area contributed by atoms with Crippen molar-refractivity contribution in [1.29, 1.82) is 0 Å². The molecular weight excluding hydrogens is 334 g/mol. The maximum atomic E-state index is 10.9. The van der Waals surface area contributed by atoms with Gasteiger partial charge in [0.15, 0.2) is 0 Å². The Morgan fingerprint density at radius 2 is 2.07 bits per heavy atom. The quantitative estimate of drug-likeness (QED) is 0.582. The molecule has 0 saturated carbocycles. The van der Waals surface area contributed by atoms with Crippen LogP contribution in [-0.2, 0) is 4.79 Å². The monoisotopic (exact) mass is 367 g/mol. The molecule has 1 aromatic rings. The normalized spacial score (nSPS) is 26.5. The lowest BCUT2D eigenvalue weighted by Gasteiger charge is -2.56. The summed E-state index contributed by atoms with van der Waals surface area (Å²) >= 11 is 0. The Hall–Kier alpha value is -2.07. The molecule has 0 radical (unpaired) electrons. The molecule has 1 saturated heterocycles. The molecule has 0 aromatic heterocycles. The number of anilines is 2. The number of carbonyl (C=O) groups excluding carboxylic acids is 1. The summed E-state index contributed by atoms with van der Waals surface area (Å²) in [4.78, 5) is 13.5. The Bertz CT molecular complexity index is 731. The van der Waals surface area contributed by atoms with Gasteiger partial charge in [-0.1, -0.05) is 51.1 Å². The van der Waals surface area contributed by atoms with Crippen molar-refractivity contribution in [2.24, 2.45) is 5.41 Å². The van der Waals surface area contributed by atoms with Crippen LogP contribution in [0.4, 0.5) is 11.4 Å². The molecule has 0 amide bonds. The van der Waals surface area contributed by atoms with Crippen LogP contribution in [0.2, 0.25) is 0 Å². The molecule has 2 unspecified atom stereocenters. The van der Waals surface area contributed by atoms with Crippen molar-refractivity contribution in [2.75, 3.05) is 17.6 Å². The van der Waals surface area contributed by atoms with Crippen LogP contribution in [-0.4, -0.2) is 29.4 Å². The van der Waals surface area contributed by atoms with E-state index in [1.165, 1.54) is 12.8 Å². The molecule has 3 rings (SSSR count). The number of piperidine rings is 1. The summed E-state index contributed by atoms with van der Waals surface area (Å²) in [6.07, 6.45) is 12.9. The molecule has 146 valence electrons. The van der Waals surface area contributed by atoms with Crippen LogP contribution in [0.15, 0.2) is 48.1 Å². The average molecular weight is 368 g/mol. The van der Waals surface area contributed by atoms with Crippen LogP contribution in [0.1, 0.15) is 52.9 Å². The first-order valence-electron chi connectivity index (χ1n) is 10.1. The van der Waals surface area contributed by atoms with Gasteiger partial charge in [-0.25, -0.2) is 0 Å². The van der Waals surface area contributed by atoms with Crippen molar-refractivity contribution in [3.8, 4) is 0 Å². The summed E-state index contributed by atoms with van der Waals surface area (Å²) in [7, 11) is 0. The van der Waals surface area contributed by atoms with Gasteiger partial charge in [0.1, 0.15) is 6.29 Å². The van der Waals surface area contributed by atoms with Gasteiger partial charge in [0.25, 0.3) is 0 Å². The third-order valence-corrected chi connectivity index (χ3v) is 6.16. The van der Waals surface area contributed by atoms with E-state index in [4.69, 9.17) is 5.73 Å². The number of allylic oxidation sites excluding steroid dienone is 2. The molecular formula is C23H33N3O. The van der Waals surface area contributed by atoms with Crippen LogP contribution >= 0.6 is 0 Å². The Labute approximate surface area is 163 Å². The second-order valence-electron chi connectivity index (χ2n) is 8.80. The third kappa shape index (κ3) is 3.96. The minimum absolute atomic E-state index is 0.0617. The maximum Gasteiger partial charge on any atom is 0.124 e. The molecule has 1 fully saturated rings. The summed E-state index contributed by atoms with van der Waals surface area (Å²) in [6.45, 7) is 8.01. The maximum absolute atomic E-state index is 10.9. The van der Waals surface area contributed by atoms with E-state index in [2.05, 4.69) is 55.3 Å². The first-order chi connectivity index (χ1) is 12.9. The zero-order chi connectivity index (χ0) is 19.5. The van der Waals surface area contributed by atoms with E-state index in [0.717, 1.165) is 42.6 Å². The molecule has 2 atom stereocenters. The lowest BCUT2D eigenvalue weighted by Crippen LogP contribution is -2.62. The predicted molar refractivity (Wildman–Crippen MR) is 114 cm³/mol. The van der Waals surface area contributed by atoms with Crippen LogP contribution in [0.25, 0.3) is 0 Å². The summed E-state index contributed by atoms with van der Waals surface area (Å²) in [5.41, 5.74) is 9.10. The fourth-order valence-electron chi connectivity index (χ4n) is 4.48. The molecule has 1 aromatic carbocycles. The van der Waals surface area contributed by atoms with E-state index in [1.54, 1.807) is 0 Å². The largest absolute Gasteiger partial charge is 0.397 e. The third-order valence-electron chi connectivity index (χ3n) is 6.16. The number of aldehydes is 1. The summed E-state index contributed by atoms with van der Waals surface area (Å²) < 4.78 is 0. The van der Waals surface area contributed by atoms with Crippen LogP contribution < -0.4 is 11.1 Å². The smallest absolute Gasteiger partial charge is 0.124 e. The second kappa shape index (κ2) is 7.89. The highest BCUT2D eigenvalue weighted by Crippen LogP contribution is 2.45. The minimum atomic E-state index is -0.0823. The topological polar surface area (TPSA) is 58.4 Å². The molecule has 1 heterocycles. The Kier molecular flexibility index (Phi) is 5.75. The van der Waals surface area contributed by atoms with Gasteiger partial charge in [-0.15, -0.1) is 0 Å². The van der Waals surface area contributed by atoms with Gasteiger partial charge in [0.05, 0.1) is 17.5 Å². The molecule has 3 N–H and O–H groups in total. The molecule has 27 heavy (non-hydrogen) atoms. The van der Waals surface area contributed by atoms with E-state index < -0.39 is 0 Å². The first-order valence-corrected chi connectivity index (χ1v) is 10.1. The molecule has 4 heteroatoms. The van der Waals surface area contributed by atoms with E-state index in [1.807, 2.05) is 18.2 Å². The van der Waals surface area contributed by atoms with Gasteiger partial charge in [0.2, 0.25) is 0 Å². The number of nitrogens with one attached hydrogen (secondary N) is 1. The highest BCUT2D eigenvalue weighted by atomic mass is 16.1. The van der Waals surface area contributed by atoms with Crippen LogP contribution in [0.5, 0.6) is 0 Å². The summed E-state index contributed by atoms with van der Waals surface area (Å²) in [5.74, 6) is 0. The number of carbonyl (C=O) groups is 1. The number of benzene rings is 1. The van der Waals surface area contributed by atoms with E-state index in [9.17, 15) is 4.79 Å². The fourth-order valence-corrected chi connectivity index (χ4v) is 4.48. The van der Waals surface area contributed by atoms with Crippen molar-refractivity contribution in [1.82, 2.24) is 4.90 Å². The Morgan fingerprint density at radius 3 is 2.70 bits per heavy atom. The molecule has 0 spiro atoms. The van der Waals surface area contributed by atoms with Crippen molar-refractivity contribution in [3.05, 3.63) is 48.1 Å². The van der Waals surface area contributed by atoms with Gasteiger partial charge in [-0.3, -0.25) is 4.90 Å². The number of likely N-dealkylation sites (tertiary alicyclic amines) is 1. The Balaban J connectivity index is 1.92. The van der Waals surface area contributed by atoms with Crippen LogP contribution in [0, 0.1) is 5.41 Å². The van der Waals surface area contributed by atoms with Crippen molar-refractivity contribution in [2.45, 2.75) is 64.6 Å². The van der Waals surface area contributed by atoms with Gasteiger partial charge in [-0.05, 0) is 48.8 Å². The predicted octanol–water partition coefficient (Wildman–Crippen LogP) is 4.75. The number of hydrogen-bond acceptors (Lipinski definition) is 4. The number of nitrogens with two attached hydrogens (primary N) is 1. The van der Waals surface area contributed by atoms with Gasteiger partial charge < -0.3 is 15.8 Å². The standard InChI is InChI=1S/C23H33N3O/c1-22(2,3)23(14-11-18(12-15-23)13-17-27)26-16-7-6-10-21(26)25-20-9-5-4-8-19(20)24/h4-5,8-9,11-12,14,17,21,25H,6-7,10,13,15-16,24H2,1-3H3. The number of nitrogens with zero attached hydrogens (tertiary/aromatic N) is 1. The molecule has 4 nitrogen and oxygen atoms in total. The van der Waals surface area contributed by atoms with E-state index in [0.29, 0.717) is 6.42 Å². The summed E-state index contributed by atoms with van der Waals surface area (Å²) in [6, 6.07) is 8.01. The number of para-hydroxylation sites is 2. The molecule has 1 aliphatic carbocycles. The zero-order valence-electron chi connectivity index (χ0n) is 16.9. The molecule has 1 aliphatic heterocycles. The number of hydrogen-bond donors (Lipinski definition) is 2. The average Bonchev–Trinajstić information content (AvgIpc) is 2.64. The Morgan fingerprint density at radius 1 is 1.30 bits per heavy atom. The number of nitrogen functional groups attached to an aromatic ring is 1. The zero-order valence-corrected chi connectivity index (χ0v) is 16.9. The van der Waals surface area contributed by atoms with E-state index in [-0.39, 0.29) is 17.1 Å². The van der Waals surface area contributed by atoms with E-state index >= 15 is 0 Å². The van der Waals surface area contributed by atoms with Crippen molar-refractivity contribution < 1.29 is 4.79 Å².